The van der Waals surface area contributed by atoms with Gasteiger partial charge in [0.15, 0.2) is 6.61 Å². The third-order valence-electron chi connectivity index (χ3n) is 4.53. The van der Waals surface area contributed by atoms with Crippen molar-refractivity contribution in [2.24, 2.45) is 5.16 Å². The van der Waals surface area contributed by atoms with Crippen LogP contribution in [-0.4, -0.2) is 77.5 Å². The molecule has 1 fully saturated rings. The summed E-state index contributed by atoms with van der Waals surface area (Å²) in [5, 5.41) is 6.39. The topological polar surface area (TPSA) is 109 Å². The van der Waals surface area contributed by atoms with Crippen LogP contribution in [0.1, 0.15) is 39.7 Å². The molecular weight excluding hydrogens is 445 g/mol. The van der Waals surface area contributed by atoms with Crippen LogP contribution in [0.25, 0.3) is 0 Å². The number of rotatable bonds is 7. The molecule has 0 radical (unpaired) electrons. The molecular formula is C20H29F3N6O4. The lowest BCUT2D eigenvalue weighted by Gasteiger charge is -2.34. The number of nitrogens with one attached hydrogen (secondary N) is 1. The van der Waals surface area contributed by atoms with Gasteiger partial charge in [0.1, 0.15) is 5.60 Å². The number of nitrogens with zero attached hydrogens (tertiary/aromatic N) is 5. The van der Waals surface area contributed by atoms with Crippen molar-refractivity contribution >= 4 is 24.2 Å². The van der Waals surface area contributed by atoms with Crippen LogP contribution in [0.4, 0.5) is 23.9 Å². The minimum absolute atomic E-state index is 0.180. The molecule has 184 valence electrons. The van der Waals surface area contributed by atoms with Gasteiger partial charge in [-0.3, -0.25) is 4.79 Å². The summed E-state index contributed by atoms with van der Waals surface area (Å²) in [7, 11) is 0. The summed E-state index contributed by atoms with van der Waals surface area (Å²) in [6.45, 7) is 8.26. The lowest BCUT2D eigenvalue weighted by Crippen LogP contribution is -2.50. The highest BCUT2D eigenvalue weighted by atomic mass is 19.4. The number of hydrogen-bond donors (Lipinski definition) is 1. The van der Waals surface area contributed by atoms with Crippen molar-refractivity contribution < 1.29 is 32.3 Å². The van der Waals surface area contributed by atoms with E-state index in [1.807, 2.05) is 6.92 Å². The number of amides is 2. The Kier molecular flexibility index (Phi) is 8.83. The van der Waals surface area contributed by atoms with E-state index in [0.717, 1.165) is 12.4 Å². The van der Waals surface area contributed by atoms with Gasteiger partial charge in [0.05, 0.1) is 17.8 Å². The number of halogens is 3. The third-order valence-corrected chi connectivity index (χ3v) is 4.53. The molecule has 0 aliphatic carbocycles. The standard InChI is InChI=1S/C20H29F3N6O4/c1-5-15(27-18(31)33-19(2,3)4)12-26-32-13-16(30)28-6-8-29(9-7-28)17-24-10-14(11-25-17)20(21,22)23/h10-12,15H,5-9,13H2,1-4H3,(H,27,31)/b26-12+/t15-/m0/s1. The van der Waals surface area contributed by atoms with Crippen LogP contribution < -0.4 is 10.2 Å². The zero-order valence-electron chi connectivity index (χ0n) is 19.1. The van der Waals surface area contributed by atoms with Crippen molar-refractivity contribution in [3.8, 4) is 0 Å². The van der Waals surface area contributed by atoms with Gasteiger partial charge >= 0.3 is 12.3 Å². The van der Waals surface area contributed by atoms with Crippen molar-refractivity contribution in [2.45, 2.75) is 51.9 Å². The Labute approximate surface area is 190 Å². The maximum Gasteiger partial charge on any atom is 0.419 e. The van der Waals surface area contributed by atoms with Gasteiger partial charge in [0, 0.05) is 38.6 Å². The fourth-order valence-corrected chi connectivity index (χ4v) is 2.79. The predicted molar refractivity (Wildman–Crippen MR) is 114 cm³/mol. The Morgan fingerprint density at radius 1 is 1.18 bits per heavy atom. The molecule has 2 heterocycles. The van der Waals surface area contributed by atoms with E-state index in [9.17, 15) is 22.8 Å². The molecule has 0 bridgehead atoms. The summed E-state index contributed by atoms with van der Waals surface area (Å²) in [4.78, 5) is 40.0. The Bertz CT molecular complexity index is 819. The van der Waals surface area contributed by atoms with Gasteiger partial charge in [0.2, 0.25) is 5.95 Å². The van der Waals surface area contributed by atoms with Gasteiger partial charge in [-0.05, 0) is 27.2 Å². The second kappa shape index (κ2) is 11.1. The number of anilines is 1. The quantitative estimate of drug-likeness (QED) is 0.478. The second-order valence-electron chi connectivity index (χ2n) is 8.33. The molecule has 13 heteroatoms. The van der Waals surface area contributed by atoms with Crippen LogP contribution >= 0.6 is 0 Å². The molecule has 1 saturated heterocycles. The Morgan fingerprint density at radius 3 is 2.30 bits per heavy atom. The van der Waals surface area contributed by atoms with Crippen molar-refractivity contribution in [3.63, 3.8) is 0 Å². The van der Waals surface area contributed by atoms with E-state index in [-0.39, 0.29) is 18.5 Å². The molecule has 10 nitrogen and oxygen atoms in total. The first-order valence-electron chi connectivity index (χ1n) is 10.5. The predicted octanol–water partition coefficient (Wildman–Crippen LogP) is 2.45. The van der Waals surface area contributed by atoms with Gasteiger partial charge < -0.3 is 24.7 Å². The monoisotopic (exact) mass is 474 g/mol. The molecule has 33 heavy (non-hydrogen) atoms. The smallest absolute Gasteiger partial charge is 0.419 e. The van der Waals surface area contributed by atoms with E-state index in [2.05, 4.69) is 20.4 Å². The van der Waals surface area contributed by atoms with Crippen molar-refractivity contribution in [3.05, 3.63) is 18.0 Å². The van der Waals surface area contributed by atoms with Crippen molar-refractivity contribution in [2.75, 3.05) is 37.7 Å². The highest BCUT2D eigenvalue weighted by molar-refractivity contribution is 5.78. The molecule has 0 saturated carbocycles. The first-order chi connectivity index (χ1) is 15.4. The summed E-state index contributed by atoms with van der Waals surface area (Å²) in [6, 6.07) is -0.415. The van der Waals surface area contributed by atoms with E-state index in [1.54, 1.807) is 30.6 Å². The fourth-order valence-electron chi connectivity index (χ4n) is 2.79. The average molecular weight is 474 g/mol. The number of oxime groups is 1. The number of alkyl halides is 3. The Hall–Kier alpha value is -3.12. The number of carbonyl (C=O) groups excluding carboxylic acids is 2. The number of piperazine rings is 1. The van der Waals surface area contributed by atoms with Crippen LogP contribution in [0.3, 0.4) is 0 Å². The molecule has 2 amide bonds. The maximum atomic E-state index is 12.6. The summed E-state index contributed by atoms with van der Waals surface area (Å²) in [5.74, 6) is -0.104. The van der Waals surface area contributed by atoms with Gasteiger partial charge in [0.25, 0.3) is 5.91 Å². The lowest BCUT2D eigenvalue weighted by molar-refractivity contribution is -0.138. The number of hydrogen-bond acceptors (Lipinski definition) is 8. The van der Waals surface area contributed by atoms with Gasteiger partial charge in [-0.15, -0.1) is 0 Å². The first-order valence-corrected chi connectivity index (χ1v) is 10.5. The minimum Gasteiger partial charge on any atom is -0.444 e. The lowest BCUT2D eigenvalue weighted by atomic mass is 10.2. The maximum absolute atomic E-state index is 12.6. The van der Waals surface area contributed by atoms with Gasteiger partial charge in [-0.2, -0.15) is 13.2 Å². The Morgan fingerprint density at radius 2 is 1.79 bits per heavy atom. The third kappa shape index (κ3) is 8.73. The molecule has 0 spiro atoms. The van der Waals surface area contributed by atoms with E-state index in [4.69, 9.17) is 9.57 Å². The number of alkyl carbamates (subject to hydrolysis) is 1. The second-order valence-corrected chi connectivity index (χ2v) is 8.33. The summed E-state index contributed by atoms with van der Waals surface area (Å²) < 4.78 is 43.1. The zero-order valence-corrected chi connectivity index (χ0v) is 19.1. The van der Waals surface area contributed by atoms with Crippen LogP contribution in [0.5, 0.6) is 0 Å². The van der Waals surface area contributed by atoms with Crippen LogP contribution in [0, 0.1) is 0 Å². The fraction of sp³-hybridized carbons (Fsp3) is 0.650. The molecule has 1 atom stereocenters. The summed E-state index contributed by atoms with van der Waals surface area (Å²) >= 11 is 0. The van der Waals surface area contributed by atoms with Gasteiger partial charge in [-0.25, -0.2) is 14.8 Å². The molecule has 1 N–H and O–H groups in total. The van der Waals surface area contributed by atoms with Crippen LogP contribution in [0.15, 0.2) is 17.5 Å². The minimum atomic E-state index is -4.49. The molecule has 0 unspecified atom stereocenters. The molecule has 1 aromatic rings. The van der Waals surface area contributed by atoms with E-state index >= 15 is 0 Å². The summed E-state index contributed by atoms with van der Waals surface area (Å²) in [6.07, 6.45) is -1.65. The van der Waals surface area contributed by atoms with Gasteiger partial charge in [-0.1, -0.05) is 12.1 Å². The van der Waals surface area contributed by atoms with E-state index in [1.165, 1.54) is 6.21 Å². The SMILES string of the molecule is CC[C@@H](/C=N/OCC(=O)N1CCN(c2ncc(C(F)(F)F)cn2)CC1)NC(=O)OC(C)(C)C. The normalized spacial score (nSPS) is 16.0. The van der Waals surface area contributed by atoms with E-state index in [0.29, 0.717) is 32.6 Å². The zero-order chi connectivity index (χ0) is 24.6. The molecule has 1 aliphatic rings. The largest absolute Gasteiger partial charge is 0.444 e. The molecule has 0 aromatic carbocycles. The van der Waals surface area contributed by atoms with Crippen LogP contribution in [0.2, 0.25) is 0 Å². The number of ether oxygens (including phenoxy) is 1. The van der Waals surface area contributed by atoms with E-state index < -0.39 is 29.5 Å². The van der Waals surface area contributed by atoms with Crippen molar-refractivity contribution in [1.29, 1.82) is 0 Å². The molecule has 1 aromatic heterocycles. The summed E-state index contributed by atoms with van der Waals surface area (Å²) in [5.41, 5.74) is -1.53. The highest BCUT2D eigenvalue weighted by Crippen LogP contribution is 2.28. The number of aromatic nitrogens is 2. The highest BCUT2D eigenvalue weighted by Gasteiger charge is 2.32. The van der Waals surface area contributed by atoms with Crippen molar-refractivity contribution in [1.82, 2.24) is 20.2 Å². The number of carbonyl (C=O) groups is 2. The average Bonchev–Trinajstić information content (AvgIpc) is 2.74. The molecule has 1 aliphatic heterocycles. The molecule has 2 rings (SSSR count). The first kappa shape index (κ1) is 26.1. The Balaban J connectivity index is 1.74. The van der Waals surface area contributed by atoms with Crippen LogP contribution in [-0.2, 0) is 20.5 Å².